The Kier molecular flexibility index (Phi) is 13.8. The molecule has 240 valence electrons. The molecule has 0 bridgehead atoms. The molecular weight excluding hydrogens is 540 g/mol. The summed E-state index contributed by atoms with van der Waals surface area (Å²) in [6.07, 6.45) is -0.0820. The van der Waals surface area contributed by atoms with Crippen molar-refractivity contribution in [3.63, 3.8) is 0 Å². The molecule has 12 nitrogen and oxygen atoms in total. The Morgan fingerprint density at radius 3 is 1.24 bits per heavy atom. The van der Waals surface area contributed by atoms with Gasteiger partial charge in [-0.05, 0) is 38.5 Å². The van der Waals surface area contributed by atoms with E-state index in [0.29, 0.717) is 12.8 Å². The van der Waals surface area contributed by atoms with E-state index in [0.717, 1.165) is 12.8 Å². The topological polar surface area (TPSA) is 221 Å². The second kappa shape index (κ2) is 15.6. The van der Waals surface area contributed by atoms with E-state index in [1.807, 2.05) is 26.0 Å². The number of aliphatic hydroxyl groups is 10. The van der Waals surface area contributed by atoms with Gasteiger partial charge < -0.3 is 60.5 Å². The highest BCUT2D eigenvalue weighted by molar-refractivity contribution is 5.09. The molecule has 0 aromatic rings. The van der Waals surface area contributed by atoms with Gasteiger partial charge >= 0.3 is 0 Å². The number of hydrogen-bond donors (Lipinski definition) is 10. The van der Waals surface area contributed by atoms with Crippen LogP contribution in [0.15, 0.2) is 24.3 Å². The molecule has 2 saturated heterocycles. The van der Waals surface area contributed by atoms with Crippen molar-refractivity contribution in [1.82, 2.24) is 0 Å². The fraction of sp³-hybridized carbons (Fsp3) is 0.862. The van der Waals surface area contributed by atoms with Crippen LogP contribution in [0.2, 0.25) is 0 Å². The molecule has 2 heterocycles. The first kappa shape index (κ1) is 36.2. The monoisotopic (exact) mass is 592 g/mol. The average Bonchev–Trinajstić information content (AvgIpc) is 2.95. The Hall–Kier alpha value is -1.00. The number of ether oxygens (including phenoxy) is 2. The Morgan fingerprint density at radius 1 is 0.561 bits per heavy atom. The van der Waals surface area contributed by atoms with Crippen molar-refractivity contribution >= 4 is 0 Å². The molecule has 0 aliphatic carbocycles. The zero-order valence-corrected chi connectivity index (χ0v) is 24.3. The highest BCUT2D eigenvalue weighted by Gasteiger charge is 2.63. The Labute approximate surface area is 242 Å². The highest BCUT2D eigenvalue weighted by atomic mass is 16.7. The summed E-state index contributed by atoms with van der Waals surface area (Å²) in [5.41, 5.74) is -4.56. The van der Waals surface area contributed by atoms with Crippen LogP contribution in [0.25, 0.3) is 0 Å². The lowest BCUT2D eigenvalue weighted by molar-refractivity contribution is -0.393. The van der Waals surface area contributed by atoms with Crippen molar-refractivity contribution in [2.45, 2.75) is 144 Å². The number of allylic oxidation sites excluding steroid dienone is 4. The number of aliphatic hydroxyl groups excluding tert-OH is 6. The first-order valence-corrected chi connectivity index (χ1v) is 14.8. The maximum absolute atomic E-state index is 11.5. The molecule has 2 unspecified atom stereocenters. The van der Waals surface area contributed by atoms with Gasteiger partial charge in [-0.25, -0.2) is 0 Å². The summed E-state index contributed by atoms with van der Waals surface area (Å²) in [6, 6.07) is 0. The van der Waals surface area contributed by atoms with Gasteiger partial charge in [0.15, 0.2) is 11.6 Å². The molecule has 0 aromatic heterocycles. The SMILES string of the molecule is CC/C=C\CCC1(O)O[C@H](CO)[C@H](O)[C@H](O)[C@]1(O)CCCCC[C@@]1(O)[C@@H](O)[C@@H](O)[C@@H](CO)OC1(O)CC/C=C\CC. The molecule has 0 spiro atoms. The van der Waals surface area contributed by atoms with Crippen molar-refractivity contribution < 1.29 is 60.5 Å². The maximum atomic E-state index is 11.5. The molecule has 2 fully saturated rings. The summed E-state index contributed by atoms with van der Waals surface area (Å²) in [4.78, 5) is 0. The van der Waals surface area contributed by atoms with Gasteiger partial charge in [-0.1, -0.05) is 57.4 Å². The van der Waals surface area contributed by atoms with E-state index in [-0.39, 0.29) is 44.9 Å². The van der Waals surface area contributed by atoms with E-state index in [2.05, 4.69) is 0 Å². The predicted octanol–water partition coefficient (Wildman–Crippen LogP) is -0.505. The first-order chi connectivity index (χ1) is 19.3. The molecule has 0 aromatic carbocycles. The van der Waals surface area contributed by atoms with Crippen molar-refractivity contribution in [1.29, 1.82) is 0 Å². The zero-order chi connectivity index (χ0) is 30.9. The molecule has 0 saturated carbocycles. The van der Waals surface area contributed by atoms with Crippen LogP contribution in [0.5, 0.6) is 0 Å². The van der Waals surface area contributed by atoms with Gasteiger partial charge in [-0.3, -0.25) is 0 Å². The maximum Gasteiger partial charge on any atom is 0.198 e. The lowest BCUT2D eigenvalue weighted by atomic mass is 9.73. The summed E-state index contributed by atoms with van der Waals surface area (Å²) >= 11 is 0. The van der Waals surface area contributed by atoms with E-state index in [9.17, 15) is 51.1 Å². The highest BCUT2D eigenvalue weighted by Crippen LogP contribution is 2.45. The van der Waals surface area contributed by atoms with Crippen LogP contribution in [0.1, 0.15) is 84.5 Å². The second-order valence-electron chi connectivity index (χ2n) is 11.4. The summed E-state index contributed by atoms with van der Waals surface area (Å²) in [6.45, 7) is 2.52. The molecule has 0 amide bonds. The summed E-state index contributed by atoms with van der Waals surface area (Å²) < 4.78 is 11.1. The van der Waals surface area contributed by atoms with Gasteiger partial charge in [0.25, 0.3) is 0 Å². The van der Waals surface area contributed by atoms with Crippen molar-refractivity contribution in [2.75, 3.05) is 13.2 Å². The minimum Gasteiger partial charge on any atom is -0.394 e. The molecule has 2 aliphatic rings. The predicted molar refractivity (Wildman–Crippen MR) is 148 cm³/mol. The Morgan fingerprint density at radius 2 is 0.927 bits per heavy atom. The minimum atomic E-state index is -2.28. The third-order valence-electron chi connectivity index (χ3n) is 8.51. The third kappa shape index (κ3) is 7.75. The van der Waals surface area contributed by atoms with Gasteiger partial charge in [0.1, 0.15) is 47.8 Å². The molecule has 10 atom stereocenters. The van der Waals surface area contributed by atoms with Gasteiger partial charge in [0.05, 0.1) is 13.2 Å². The second-order valence-corrected chi connectivity index (χ2v) is 11.4. The van der Waals surface area contributed by atoms with E-state index >= 15 is 0 Å². The van der Waals surface area contributed by atoms with Crippen LogP contribution < -0.4 is 0 Å². The number of rotatable bonds is 16. The van der Waals surface area contributed by atoms with Gasteiger partial charge in [-0.15, -0.1) is 0 Å². The van der Waals surface area contributed by atoms with E-state index in [1.54, 1.807) is 12.2 Å². The number of unbranched alkanes of at least 4 members (excludes halogenated alkanes) is 2. The molecule has 10 N–H and O–H groups in total. The average molecular weight is 593 g/mol. The lowest BCUT2D eigenvalue weighted by Gasteiger charge is -2.53. The summed E-state index contributed by atoms with van der Waals surface area (Å²) in [5.74, 6) is -4.53. The fourth-order valence-corrected chi connectivity index (χ4v) is 5.90. The van der Waals surface area contributed by atoms with Crippen molar-refractivity contribution in [2.24, 2.45) is 0 Å². The first-order valence-electron chi connectivity index (χ1n) is 14.8. The minimum absolute atomic E-state index is 0.104. The van der Waals surface area contributed by atoms with Gasteiger partial charge in [0.2, 0.25) is 0 Å². The van der Waals surface area contributed by atoms with Crippen LogP contribution in [-0.2, 0) is 9.47 Å². The van der Waals surface area contributed by atoms with E-state index < -0.39 is 72.6 Å². The van der Waals surface area contributed by atoms with Crippen LogP contribution in [0.3, 0.4) is 0 Å². The third-order valence-corrected chi connectivity index (χ3v) is 8.51. The van der Waals surface area contributed by atoms with E-state index in [4.69, 9.17) is 9.47 Å². The smallest absolute Gasteiger partial charge is 0.198 e. The molecule has 2 aliphatic heterocycles. The van der Waals surface area contributed by atoms with Crippen LogP contribution in [-0.4, -0.2) is 124 Å². The molecule has 2 rings (SSSR count). The van der Waals surface area contributed by atoms with Crippen molar-refractivity contribution in [3.05, 3.63) is 24.3 Å². The molecule has 12 heteroatoms. The fourth-order valence-electron chi connectivity index (χ4n) is 5.90. The lowest BCUT2D eigenvalue weighted by Crippen LogP contribution is -2.73. The van der Waals surface area contributed by atoms with Crippen LogP contribution in [0, 0.1) is 0 Å². The van der Waals surface area contributed by atoms with Crippen LogP contribution >= 0.6 is 0 Å². The standard InChI is InChI=1S/C29H52O12/c1-3-5-7-12-16-28(38)26(36,24(34)22(32)20(18-30)40-28)14-10-9-11-15-27(37)25(35)23(33)21(19-31)41-29(27,39)17-13-8-6-4-2/h5-8,20-25,30-39H,3-4,9-19H2,1-2H3/b7-5-,8-6-/t20-,21-,22+,23+,24+,25+,26-,27-,28?,29?/m1/s1. The quantitative estimate of drug-likeness (QED) is 0.0809. The zero-order valence-electron chi connectivity index (χ0n) is 24.3. The Balaban J connectivity index is 2.13. The summed E-state index contributed by atoms with van der Waals surface area (Å²) in [7, 11) is 0. The van der Waals surface area contributed by atoms with E-state index in [1.165, 1.54) is 0 Å². The Bertz CT molecular complexity index is 775. The number of hydrogen-bond acceptors (Lipinski definition) is 12. The largest absolute Gasteiger partial charge is 0.394 e. The summed E-state index contributed by atoms with van der Waals surface area (Å²) in [5, 5.41) is 107. The van der Waals surface area contributed by atoms with Crippen molar-refractivity contribution in [3.8, 4) is 0 Å². The normalized spacial score (nSPS) is 42.0. The molecular formula is C29H52O12. The molecule has 0 radical (unpaired) electrons. The van der Waals surface area contributed by atoms with Gasteiger partial charge in [-0.2, -0.15) is 0 Å². The molecule has 41 heavy (non-hydrogen) atoms. The van der Waals surface area contributed by atoms with Gasteiger partial charge in [0, 0.05) is 12.8 Å². The van der Waals surface area contributed by atoms with Crippen LogP contribution in [0.4, 0.5) is 0 Å².